The van der Waals surface area contributed by atoms with Crippen LogP contribution in [0.15, 0.2) is 24.3 Å². The van der Waals surface area contributed by atoms with Crippen molar-refractivity contribution in [2.75, 3.05) is 27.2 Å². The fourth-order valence-electron chi connectivity index (χ4n) is 4.59. The molecule has 33 heavy (non-hydrogen) atoms. The average Bonchev–Trinajstić information content (AvgIpc) is 2.78. The van der Waals surface area contributed by atoms with Crippen molar-refractivity contribution in [1.29, 1.82) is 0 Å². The van der Waals surface area contributed by atoms with Gasteiger partial charge in [-0.2, -0.15) is 13.2 Å². The van der Waals surface area contributed by atoms with Gasteiger partial charge in [-0.3, -0.25) is 0 Å². The van der Waals surface area contributed by atoms with Crippen molar-refractivity contribution >= 4 is 6.09 Å². The predicted octanol–water partition coefficient (Wildman–Crippen LogP) is 7.38. The molecule has 0 radical (unpaired) electrons. The zero-order valence-corrected chi connectivity index (χ0v) is 20.5. The van der Waals surface area contributed by atoms with Crippen LogP contribution in [0.1, 0.15) is 83.1 Å². The second-order valence-corrected chi connectivity index (χ2v) is 9.54. The number of rotatable bonds is 12. The Hall–Kier alpha value is -1.76. The van der Waals surface area contributed by atoms with Crippen LogP contribution < -0.4 is 4.74 Å². The van der Waals surface area contributed by atoms with Crippen LogP contribution in [-0.2, 0) is 6.18 Å². The Balaban J connectivity index is 1.62. The van der Waals surface area contributed by atoms with Crippen molar-refractivity contribution in [2.24, 2.45) is 5.92 Å². The van der Waals surface area contributed by atoms with Crippen LogP contribution in [-0.4, -0.2) is 49.1 Å². The van der Waals surface area contributed by atoms with Crippen LogP contribution in [0.5, 0.6) is 5.75 Å². The highest BCUT2D eigenvalue weighted by Crippen LogP contribution is 2.32. The normalized spacial score (nSPS) is 19.0. The molecule has 1 aromatic carbocycles. The number of ether oxygens (including phenoxy) is 1. The number of halogens is 3. The van der Waals surface area contributed by atoms with E-state index < -0.39 is 17.8 Å². The molecule has 1 saturated carbocycles. The van der Waals surface area contributed by atoms with Gasteiger partial charge in [0.05, 0.1) is 5.56 Å². The summed E-state index contributed by atoms with van der Waals surface area (Å²) in [7, 11) is 3.93. The molecular formula is C26H41F3N2O2. The number of nitrogens with zero attached hydrogens (tertiary/aromatic N) is 2. The van der Waals surface area contributed by atoms with Crippen LogP contribution in [0.2, 0.25) is 0 Å². The van der Waals surface area contributed by atoms with E-state index in [1.807, 2.05) is 0 Å². The molecule has 4 nitrogen and oxygen atoms in total. The number of carbonyl (C=O) groups excluding carboxylic acids is 1. The van der Waals surface area contributed by atoms with Gasteiger partial charge in [-0.1, -0.05) is 39.0 Å². The minimum atomic E-state index is -4.40. The van der Waals surface area contributed by atoms with Gasteiger partial charge in [-0.25, -0.2) is 4.79 Å². The first-order chi connectivity index (χ1) is 15.7. The summed E-state index contributed by atoms with van der Waals surface area (Å²) < 4.78 is 43.3. The van der Waals surface area contributed by atoms with Gasteiger partial charge in [0.1, 0.15) is 5.75 Å². The van der Waals surface area contributed by atoms with Gasteiger partial charge in [0, 0.05) is 13.1 Å². The Morgan fingerprint density at radius 3 is 2.12 bits per heavy atom. The summed E-state index contributed by atoms with van der Waals surface area (Å²) in [4.78, 5) is 16.5. The zero-order valence-electron chi connectivity index (χ0n) is 20.5. The third kappa shape index (κ3) is 9.95. The number of carbonyl (C=O) groups is 1. The quantitative estimate of drug-likeness (QED) is 0.299. The molecule has 7 heteroatoms. The van der Waals surface area contributed by atoms with Gasteiger partial charge in [0.15, 0.2) is 0 Å². The molecule has 0 bridgehead atoms. The second kappa shape index (κ2) is 13.8. The molecule has 1 aliphatic rings. The molecule has 0 atom stereocenters. The van der Waals surface area contributed by atoms with Crippen LogP contribution in [0.3, 0.4) is 0 Å². The molecule has 0 N–H and O–H groups in total. The molecule has 0 heterocycles. The van der Waals surface area contributed by atoms with Gasteiger partial charge in [-0.05, 0) is 88.8 Å². The van der Waals surface area contributed by atoms with Crippen LogP contribution in [0, 0.1) is 5.92 Å². The molecule has 0 saturated heterocycles. The van der Waals surface area contributed by atoms with Crippen molar-refractivity contribution in [2.45, 2.75) is 89.8 Å². The Labute approximate surface area is 197 Å². The highest BCUT2D eigenvalue weighted by Gasteiger charge is 2.31. The van der Waals surface area contributed by atoms with Crippen LogP contribution in [0.25, 0.3) is 0 Å². The molecule has 188 valence electrons. The molecule has 0 aliphatic heterocycles. The minimum Gasteiger partial charge on any atom is -0.410 e. The number of hydrogen-bond donors (Lipinski definition) is 0. The summed E-state index contributed by atoms with van der Waals surface area (Å²) >= 11 is 0. The Morgan fingerprint density at radius 1 is 0.939 bits per heavy atom. The molecule has 1 fully saturated rings. The maximum absolute atomic E-state index is 12.7. The number of amides is 1. The van der Waals surface area contributed by atoms with Crippen molar-refractivity contribution in [3.8, 4) is 5.75 Å². The van der Waals surface area contributed by atoms with E-state index in [-0.39, 0.29) is 11.8 Å². The predicted molar refractivity (Wildman–Crippen MR) is 126 cm³/mol. The van der Waals surface area contributed by atoms with E-state index in [1.54, 1.807) is 11.9 Å². The number of alkyl halides is 3. The van der Waals surface area contributed by atoms with Gasteiger partial charge in [0.25, 0.3) is 0 Å². The van der Waals surface area contributed by atoms with E-state index in [0.717, 1.165) is 43.7 Å². The monoisotopic (exact) mass is 470 g/mol. The Kier molecular flexibility index (Phi) is 11.5. The molecular weight excluding hydrogens is 429 g/mol. The first kappa shape index (κ1) is 27.5. The van der Waals surface area contributed by atoms with Crippen molar-refractivity contribution in [1.82, 2.24) is 9.80 Å². The lowest BCUT2D eigenvalue weighted by atomic mass is 9.82. The lowest BCUT2D eigenvalue weighted by molar-refractivity contribution is -0.137. The van der Waals surface area contributed by atoms with Gasteiger partial charge in [-0.15, -0.1) is 0 Å². The average molecular weight is 471 g/mol. The Bertz CT molecular complexity index is 686. The van der Waals surface area contributed by atoms with E-state index in [2.05, 4.69) is 18.9 Å². The Morgan fingerprint density at radius 2 is 1.55 bits per heavy atom. The smallest absolute Gasteiger partial charge is 0.410 e. The fraction of sp³-hybridized carbons (Fsp3) is 0.731. The highest BCUT2D eigenvalue weighted by atomic mass is 19.4. The van der Waals surface area contributed by atoms with Crippen molar-refractivity contribution in [3.63, 3.8) is 0 Å². The molecule has 0 aromatic heterocycles. The standard InChI is InChI=1S/C26H41F3N2O2/c1-4-5-8-19-30(2)20-9-6-7-10-21-11-15-23(16-12-21)31(3)25(32)33-24-17-13-22(14-18-24)26(27,28)29/h13-14,17-18,21,23H,4-12,15-16,19-20H2,1-3H3. The van der Waals surface area contributed by atoms with Gasteiger partial charge >= 0.3 is 12.3 Å². The number of benzene rings is 1. The summed E-state index contributed by atoms with van der Waals surface area (Å²) in [5.41, 5.74) is -0.757. The molecule has 2 rings (SSSR count). The summed E-state index contributed by atoms with van der Waals surface area (Å²) in [6.45, 7) is 4.62. The summed E-state index contributed by atoms with van der Waals surface area (Å²) in [5.74, 6) is 0.854. The van der Waals surface area contributed by atoms with E-state index in [4.69, 9.17) is 4.74 Å². The van der Waals surface area contributed by atoms with E-state index in [0.29, 0.717) is 0 Å². The fourth-order valence-corrected chi connectivity index (χ4v) is 4.59. The third-order valence-electron chi connectivity index (χ3n) is 6.83. The third-order valence-corrected chi connectivity index (χ3v) is 6.83. The first-order valence-electron chi connectivity index (χ1n) is 12.5. The molecule has 0 spiro atoms. The van der Waals surface area contributed by atoms with Gasteiger partial charge < -0.3 is 14.5 Å². The second-order valence-electron chi connectivity index (χ2n) is 9.54. The summed E-state index contributed by atoms with van der Waals surface area (Å²) in [6, 6.07) is 4.36. The highest BCUT2D eigenvalue weighted by molar-refractivity contribution is 5.70. The van der Waals surface area contributed by atoms with Crippen LogP contribution in [0.4, 0.5) is 18.0 Å². The topological polar surface area (TPSA) is 32.8 Å². The largest absolute Gasteiger partial charge is 0.416 e. The first-order valence-corrected chi connectivity index (χ1v) is 12.5. The zero-order chi connectivity index (χ0) is 24.3. The minimum absolute atomic E-state index is 0.125. The maximum atomic E-state index is 12.7. The molecule has 0 unspecified atom stereocenters. The number of unbranched alkanes of at least 4 members (excludes halogenated alkanes) is 4. The van der Waals surface area contributed by atoms with E-state index in [9.17, 15) is 18.0 Å². The number of hydrogen-bond acceptors (Lipinski definition) is 3. The van der Waals surface area contributed by atoms with Crippen molar-refractivity contribution in [3.05, 3.63) is 29.8 Å². The van der Waals surface area contributed by atoms with E-state index >= 15 is 0 Å². The lowest BCUT2D eigenvalue weighted by Crippen LogP contribution is -2.41. The SMILES string of the molecule is CCCCCN(C)CCCCCC1CCC(N(C)C(=O)Oc2ccc(C(F)(F)F)cc2)CC1. The van der Waals surface area contributed by atoms with Crippen LogP contribution >= 0.6 is 0 Å². The summed E-state index contributed by atoms with van der Waals surface area (Å²) in [5, 5.41) is 0. The molecule has 1 aliphatic carbocycles. The summed E-state index contributed by atoms with van der Waals surface area (Å²) in [6.07, 6.45) is 8.14. The maximum Gasteiger partial charge on any atom is 0.416 e. The molecule has 1 aromatic rings. The lowest BCUT2D eigenvalue weighted by Gasteiger charge is -2.34. The van der Waals surface area contributed by atoms with Crippen molar-refractivity contribution < 1.29 is 22.7 Å². The van der Waals surface area contributed by atoms with E-state index in [1.165, 1.54) is 70.2 Å². The van der Waals surface area contributed by atoms with Gasteiger partial charge in [0.2, 0.25) is 0 Å². The molecule has 1 amide bonds.